The number of aryl methyl sites for hydroxylation is 1. The lowest BCUT2D eigenvalue weighted by atomic mass is 9.70. The van der Waals surface area contributed by atoms with E-state index in [-0.39, 0.29) is 11.1 Å². The third kappa shape index (κ3) is 5.71. The van der Waals surface area contributed by atoms with Crippen molar-refractivity contribution in [2.45, 2.75) is 78.1 Å². The van der Waals surface area contributed by atoms with E-state index in [0.717, 1.165) is 36.7 Å². The van der Waals surface area contributed by atoms with Gasteiger partial charge in [-0.25, -0.2) is 17.6 Å². The standard InChI is InChI=1S/C35H38F4/c1-3-5-22-6-8-24(9-7-22)25-10-12-26(13-11-25)30-20-21-31(35(39)34(30)38)28-16-14-27(15-17-28)29-19-18-23(4-2)32(36)33(29)37/h12,14-22,24-25H,3-11,13H2,1-2H3. The van der Waals surface area contributed by atoms with E-state index in [1.807, 2.05) is 0 Å². The van der Waals surface area contributed by atoms with Gasteiger partial charge in [0, 0.05) is 16.7 Å². The number of rotatable bonds is 7. The van der Waals surface area contributed by atoms with Crippen LogP contribution < -0.4 is 0 Å². The molecule has 0 aromatic heterocycles. The van der Waals surface area contributed by atoms with Gasteiger partial charge in [0.05, 0.1) is 0 Å². The van der Waals surface area contributed by atoms with Gasteiger partial charge in [0.25, 0.3) is 0 Å². The van der Waals surface area contributed by atoms with Crippen molar-refractivity contribution in [1.29, 1.82) is 0 Å². The molecule has 0 amide bonds. The molecule has 2 aliphatic rings. The average molecular weight is 535 g/mol. The first-order valence-electron chi connectivity index (χ1n) is 14.7. The number of halogens is 4. The second-order valence-electron chi connectivity index (χ2n) is 11.5. The molecule has 0 spiro atoms. The first-order valence-corrected chi connectivity index (χ1v) is 14.7. The zero-order valence-corrected chi connectivity index (χ0v) is 23.0. The molecular formula is C35H38F4. The van der Waals surface area contributed by atoms with Crippen LogP contribution in [0.4, 0.5) is 17.6 Å². The Labute approximate surface area is 230 Å². The molecule has 4 heteroatoms. The van der Waals surface area contributed by atoms with Crippen LogP contribution in [-0.4, -0.2) is 0 Å². The molecule has 39 heavy (non-hydrogen) atoms. The molecule has 1 unspecified atom stereocenters. The van der Waals surface area contributed by atoms with Crippen molar-refractivity contribution in [3.8, 4) is 22.3 Å². The highest BCUT2D eigenvalue weighted by Crippen LogP contribution is 2.43. The highest BCUT2D eigenvalue weighted by Gasteiger charge is 2.29. The normalized spacial score (nSPS) is 21.6. The van der Waals surface area contributed by atoms with Gasteiger partial charge in [-0.05, 0) is 78.5 Å². The lowest BCUT2D eigenvalue weighted by Gasteiger charge is -2.35. The molecule has 2 aliphatic carbocycles. The van der Waals surface area contributed by atoms with Crippen LogP contribution in [0.5, 0.6) is 0 Å². The Bertz CT molecular complexity index is 1330. The Morgan fingerprint density at radius 1 is 0.615 bits per heavy atom. The maximum Gasteiger partial charge on any atom is 0.167 e. The van der Waals surface area contributed by atoms with Crippen molar-refractivity contribution in [1.82, 2.24) is 0 Å². The summed E-state index contributed by atoms with van der Waals surface area (Å²) in [6.07, 6.45) is 13.2. The maximum absolute atomic E-state index is 15.3. The van der Waals surface area contributed by atoms with E-state index >= 15 is 8.78 Å². The van der Waals surface area contributed by atoms with Crippen molar-refractivity contribution >= 4 is 5.57 Å². The van der Waals surface area contributed by atoms with Gasteiger partial charge in [-0.15, -0.1) is 0 Å². The highest BCUT2D eigenvalue weighted by atomic mass is 19.2. The Balaban J connectivity index is 1.30. The lowest BCUT2D eigenvalue weighted by molar-refractivity contribution is 0.189. The van der Waals surface area contributed by atoms with E-state index in [2.05, 4.69) is 13.0 Å². The van der Waals surface area contributed by atoms with Crippen LogP contribution in [-0.2, 0) is 6.42 Å². The minimum atomic E-state index is -0.893. The van der Waals surface area contributed by atoms with Crippen LogP contribution in [0.1, 0.15) is 82.8 Å². The summed E-state index contributed by atoms with van der Waals surface area (Å²) < 4.78 is 59.4. The molecule has 3 aromatic carbocycles. The van der Waals surface area contributed by atoms with E-state index in [1.54, 1.807) is 55.5 Å². The summed E-state index contributed by atoms with van der Waals surface area (Å²) in [4.78, 5) is 0. The molecule has 0 nitrogen and oxygen atoms in total. The number of hydrogen-bond donors (Lipinski definition) is 0. The van der Waals surface area contributed by atoms with Crippen molar-refractivity contribution < 1.29 is 17.6 Å². The number of hydrogen-bond acceptors (Lipinski definition) is 0. The van der Waals surface area contributed by atoms with E-state index < -0.39 is 23.3 Å². The van der Waals surface area contributed by atoms with E-state index in [1.165, 1.54) is 38.5 Å². The van der Waals surface area contributed by atoms with Crippen molar-refractivity contribution in [3.05, 3.63) is 89.0 Å². The minimum absolute atomic E-state index is 0.148. The van der Waals surface area contributed by atoms with E-state index in [4.69, 9.17) is 0 Å². The number of benzene rings is 3. The summed E-state index contributed by atoms with van der Waals surface area (Å²) >= 11 is 0. The van der Waals surface area contributed by atoms with Crippen LogP contribution in [0.25, 0.3) is 27.8 Å². The fraction of sp³-hybridized carbons (Fsp3) is 0.429. The summed E-state index contributed by atoms with van der Waals surface area (Å²) in [6.45, 7) is 4.04. The van der Waals surface area contributed by atoms with E-state index in [0.29, 0.717) is 34.6 Å². The monoisotopic (exact) mass is 534 g/mol. The van der Waals surface area contributed by atoms with Gasteiger partial charge in [-0.3, -0.25) is 0 Å². The van der Waals surface area contributed by atoms with Gasteiger partial charge in [0.1, 0.15) is 0 Å². The largest absolute Gasteiger partial charge is 0.203 e. The molecule has 1 fully saturated rings. The molecule has 0 heterocycles. The first kappa shape index (κ1) is 27.7. The van der Waals surface area contributed by atoms with Gasteiger partial charge in [0.2, 0.25) is 0 Å². The average Bonchev–Trinajstić information content (AvgIpc) is 2.97. The summed E-state index contributed by atoms with van der Waals surface area (Å²) in [6, 6.07) is 12.9. The smallest absolute Gasteiger partial charge is 0.167 e. The summed E-state index contributed by atoms with van der Waals surface area (Å²) in [5.74, 6) is -1.12. The Kier molecular flexibility index (Phi) is 8.59. The van der Waals surface area contributed by atoms with Crippen molar-refractivity contribution in [2.24, 2.45) is 17.8 Å². The molecule has 0 saturated heterocycles. The maximum atomic E-state index is 15.3. The van der Waals surface area contributed by atoms with Gasteiger partial charge in [-0.2, -0.15) is 0 Å². The van der Waals surface area contributed by atoms with Crippen LogP contribution in [0.15, 0.2) is 54.6 Å². The Morgan fingerprint density at radius 3 is 1.74 bits per heavy atom. The molecule has 1 atom stereocenters. The molecule has 0 N–H and O–H groups in total. The van der Waals surface area contributed by atoms with Crippen LogP contribution >= 0.6 is 0 Å². The molecule has 206 valence electrons. The molecule has 0 radical (unpaired) electrons. The molecular weight excluding hydrogens is 496 g/mol. The summed E-state index contributed by atoms with van der Waals surface area (Å²) in [7, 11) is 0. The lowest BCUT2D eigenvalue weighted by Crippen LogP contribution is -2.23. The van der Waals surface area contributed by atoms with Crippen molar-refractivity contribution in [3.63, 3.8) is 0 Å². The number of allylic oxidation sites excluding steroid dienone is 2. The van der Waals surface area contributed by atoms with Crippen LogP contribution in [0.2, 0.25) is 0 Å². The SMILES string of the molecule is CCCC1CCC(C2CC=C(c3ccc(-c4ccc(-c5ccc(CC)c(F)c5F)cc4)c(F)c3F)CC2)CC1. The quantitative estimate of drug-likeness (QED) is 0.265. The third-order valence-electron chi connectivity index (χ3n) is 9.18. The summed E-state index contributed by atoms with van der Waals surface area (Å²) in [5.41, 5.74) is 2.86. The molecule has 5 rings (SSSR count). The predicted octanol–water partition coefficient (Wildman–Crippen LogP) is 10.9. The van der Waals surface area contributed by atoms with Crippen molar-refractivity contribution in [2.75, 3.05) is 0 Å². The predicted molar refractivity (Wildman–Crippen MR) is 152 cm³/mol. The van der Waals surface area contributed by atoms with Crippen LogP contribution in [0.3, 0.4) is 0 Å². The summed E-state index contributed by atoms with van der Waals surface area (Å²) in [5, 5.41) is 0. The second-order valence-corrected chi connectivity index (χ2v) is 11.5. The first-order chi connectivity index (χ1) is 18.9. The molecule has 0 aliphatic heterocycles. The fourth-order valence-corrected chi connectivity index (χ4v) is 6.82. The molecule has 3 aromatic rings. The van der Waals surface area contributed by atoms with Crippen LogP contribution in [0, 0.1) is 41.0 Å². The van der Waals surface area contributed by atoms with E-state index in [9.17, 15) is 8.78 Å². The van der Waals surface area contributed by atoms with Gasteiger partial charge >= 0.3 is 0 Å². The van der Waals surface area contributed by atoms with Gasteiger partial charge in [0.15, 0.2) is 23.3 Å². The minimum Gasteiger partial charge on any atom is -0.203 e. The fourth-order valence-electron chi connectivity index (χ4n) is 6.82. The zero-order valence-electron chi connectivity index (χ0n) is 23.0. The van der Waals surface area contributed by atoms with Gasteiger partial charge in [-0.1, -0.05) is 94.1 Å². The molecule has 0 bridgehead atoms. The molecule has 1 saturated carbocycles. The Morgan fingerprint density at radius 2 is 1.18 bits per heavy atom. The zero-order chi connectivity index (χ0) is 27.5. The highest BCUT2D eigenvalue weighted by molar-refractivity contribution is 5.74. The topological polar surface area (TPSA) is 0 Å². The third-order valence-corrected chi connectivity index (χ3v) is 9.18. The second kappa shape index (κ2) is 12.1. The van der Waals surface area contributed by atoms with Gasteiger partial charge < -0.3 is 0 Å². The Hall–Kier alpha value is -2.88.